The number of halogens is 1. The molecule has 0 saturated heterocycles. The van der Waals surface area contributed by atoms with Gasteiger partial charge in [-0.15, -0.1) is 0 Å². The number of nitrogens with two attached hydrogens (primary N) is 1. The second-order valence-electron chi connectivity index (χ2n) is 2.01. The molecule has 0 saturated carbocycles. The second-order valence-corrected chi connectivity index (χ2v) is 2.35. The standard InChI is InChI=1S/C7H4ClN3O/c8-7(12)6-4(3-9)5(10)1-2-11-6/h1-2H,(H2,10,11). The van der Waals surface area contributed by atoms with E-state index in [1.54, 1.807) is 6.07 Å². The Bertz CT molecular complexity index is 369. The molecule has 0 fully saturated rings. The van der Waals surface area contributed by atoms with E-state index >= 15 is 0 Å². The fourth-order valence-electron chi connectivity index (χ4n) is 0.743. The molecule has 12 heavy (non-hydrogen) atoms. The molecule has 1 aromatic rings. The molecule has 60 valence electrons. The van der Waals surface area contributed by atoms with E-state index in [2.05, 4.69) is 4.98 Å². The number of rotatable bonds is 1. The number of nitrogens with zero attached hydrogens (tertiary/aromatic N) is 2. The highest BCUT2D eigenvalue weighted by Gasteiger charge is 2.12. The molecule has 1 heterocycles. The van der Waals surface area contributed by atoms with Crippen LogP contribution in [0.2, 0.25) is 0 Å². The van der Waals surface area contributed by atoms with Gasteiger partial charge in [0.2, 0.25) is 0 Å². The van der Waals surface area contributed by atoms with Gasteiger partial charge in [-0.25, -0.2) is 0 Å². The van der Waals surface area contributed by atoms with E-state index in [1.165, 1.54) is 12.3 Å². The van der Waals surface area contributed by atoms with Crippen molar-refractivity contribution in [2.24, 2.45) is 0 Å². The monoisotopic (exact) mass is 181 g/mol. The van der Waals surface area contributed by atoms with Crippen LogP contribution >= 0.6 is 11.6 Å². The molecule has 1 aromatic heterocycles. The highest BCUT2D eigenvalue weighted by molar-refractivity contribution is 6.67. The predicted molar refractivity (Wildman–Crippen MR) is 43.5 cm³/mol. The molecule has 0 radical (unpaired) electrons. The number of carbonyl (C=O) groups is 1. The molecule has 2 N–H and O–H groups in total. The van der Waals surface area contributed by atoms with Crippen LogP contribution in [0.5, 0.6) is 0 Å². The normalized spacial score (nSPS) is 9.00. The van der Waals surface area contributed by atoms with E-state index in [0.717, 1.165) is 0 Å². The zero-order valence-electron chi connectivity index (χ0n) is 5.91. The Kier molecular flexibility index (Phi) is 2.26. The van der Waals surface area contributed by atoms with Gasteiger partial charge in [-0.2, -0.15) is 5.26 Å². The first-order chi connectivity index (χ1) is 5.66. The summed E-state index contributed by atoms with van der Waals surface area (Å²) in [6, 6.07) is 3.18. The van der Waals surface area contributed by atoms with E-state index < -0.39 is 5.24 Å². The number of hydrogen-bond donors (Lipinski definition) is 1. The fraction of sp³-hybridized carbons (Fsp3) is 0. The minimum Gasteiger partial charge on any atom is -0.398 e. The summed E-state index contributed by atoms with van der Waals surface area (Å²) in [5, 5.41) is 7.79. The third-order valence-electron chi connectivity index (χ3n) is 1.28. The third-order valence-corrected chi connectivity index (χ3v) is 1.46. The van der Waals surface area contributed by atoms with Gasteiger partial charge >= 0.3 is 0 Å². The Balaban J connectivity index is 3.40. The number of nitrogen functional groups attached to an aromatic ring is 1. The van der Waals surface area contributed by atoms with Gasteiger partial charge in [0.1, 0.15) is 17.3 Å². The van der Waals surface area contributed by atoms with Crippen LogP contribution in [0, 0.1) is 11.3 Å². The topological polar surface area (TPSA) is 79.8 Å². The second kappa shape index (κ2) is 3.20. The van der Waals surface area contributed by atoms with Crippen molar-refractivity contribution >= 4 is 22.5 Å². The number of anilines is 1. The molecule has 0 amide bonds. The molecule has 0 atom stereocenters. The Hall–Kier alpha value is -1.60. The van der Waals surface area contributed by atoms with E-state index in [1.807, 2.05) is 0 Å². The zero-order chi connectivity index (χ0) is 9.14. The molecule has 0 unspecified atom stereocenters. The predicted octanol–water partition coefficient (Wildman–Crippen LogP) is 0.914. The maximum absolute atomic E-state index is 10.7. The van der Waals surface area contributed by atoms with Crippen molar-refractivity contribution in [3.05, 3.63) is 23.5 Å². The molecule has 0 bridgehead atoms. The van der Waals surface area contributed by atoms with Crippen molar-refractivity contribution in [2.45, 2.75) is 0 Å². The highest BCUT2D eigenvalue weighted by Crippen LogP contribution is 2.14. The smallest absolute Gasteiger partial charge is 0.272 e. The first-order valence-electron chi connectivity index (χ1n) is 3.01. The van der Waals surface area contributed by atoms with Gasteiger partial charge in [0.15, 0.2) is 0 Å². The molecule has 1 rings (SSSR count). The van der Waals surface area contributed by atoms with Crippen LogP contribution in [0.4, 0.5) is 5.69 Å². The summed E-state index contributed by atoms with van der Waals surface area (Å²) in [6.45, 7) is 0. The van der Waals surface area contributed by atoms with E-state index in [4.69, 9.17) is 22.6 Å². The first-order valence-corrected chi connectivity index (χ1v) is 3.39. The van der Waals surface area contributed by atoms with Crippen molar-refractivity contribution in [3.8, 4) is 6.07 Å². The summed E-state index contributed by atoms with van der Waals surface area (Å²) in [5.41, 5.74) is 5.53. The SMILES string of the molecule is N#Cc1c(N)ccnc1C(=O)Cl. The maximum atomic E-state index is 10.7. The van der Waals surface area contributed by atoms with Crippen molar-refractivity contribution in [1.82, 2.24) is 4.98 Å². The van der Waals surface area contributed by atoms with E-state index in [0.29, 0.717) is 0 Å². The lowest BCUT2D eigenvalue weighted by Crippen LogP contribution is -2.02. The Morgan fingerprint density at radius 1 is 1.75 bits per heavy atom. The molecule has 0 aromatic carbocycles. The highest BCUT2D eigenvalue weighted by atomic mass is 35.5. The molecule has 0 aliphatic rings. The van der Waals surface area contributed by atoms with Crippen LogP contribution in [-0.2, 0) is 0 Å². The van der Waals surface area contributed by atoms with Gasteiger partial charge in [-0.3, -0.25) is 9.78 Å². The van der Waals surface area contributed by atoms with Gasteiger partial charge in [0, 0.05) is 6.20 Å². The summed E-state index contributed by atoms with van der Waals surface area (Å²) in [4.78, 5) is 14.3. The van der Waals surface area contributed by atoms with Crippen molar-refractivity contribution < 1.29 is 4.79 Å². The van der Waals surface area contributed by atoms with Crippen LogP contribution in [-0.4, -0.2) is 10.2 Å². The van der Waals surface area contributed by atoms with Crippen LogP contribution in [0.15, 0.2) is 12.3 Å². The lowest BCUT2D eigenvalue weighted by molar-refractivity contribution is 0.107. The van der Waals surface area contributed by atoms with Crippen molar-refractivity contribution in [2.75, 3.05) is 5.73 Å². The third kappa shape index (κ3) is 1.36. The number of aromatic nitrogens is 1. The van der Waals surface area contributed by atoms with Crippen molar-refractivity contribution in [3.63, 3.8) is 0 Å². The number of hydrogen-bond acceptors (Lipinski definition) is 4. The average molecular weight is 182 g/mol. The van der Waals surface area contributed by atoms with E-state index in [-0.39, 0.29) is 16.9 Å². The van der Waals surface area contributed by atoms with Gasteiger partial charge in [0.05, 0.1) is 5.69 Å². The molecule has 4 nitrogen and oxygen atoms in total. The summed E-state index contributed by atoms with van der Waals surface area (Å²) in [5.74, 6) is 0. The summed E-state index contributed by atoms with van der Waals surface area (Å²) in [6.07, 6.45) is 1.33. The van der Waals surface area contributed by atoms with E-state index in [9.17, 15) is 4.79 Å². The molecular formula is C7H4ClN3O. The van der Waals surface area contributed by atoms with Crippen LogP contribution in [0.3, 0.4) is 0 Å². The minimum absolute atomic E-state index is 0.0255. The fourth-order valence-corrected chi connectivity index (χ4v) is 0.887. The number of nitriles is 1. The number of carbonyl (C=O) groups excluding carboxylic acids is 1. The van der Waals surface area contributed by atoms with Crippen LogP contribution < -0.4 is 5.73 Å². The molecule has 0 aliphatic carbocycles. The lowest BCUT2D eigenvalue weighted by Gasteiger charge is -1.98. The molecule has 0 aliphatic heterocycles. The van der Waals surface area contributed by atoms with Gasteiger partial charge < -0.3 is 5.73 Å². The number of pyridine rings is 1. The Labute approximate surface area is 73.6 Å². The molecular weight excluding hydrogens is 178 g/mol. The van der Waals surface area contributed by atoms with Crippen LogP contribution in [0.25, 0.3) is 0 Å². The largest absolute Gasteiger partial charge is 0.398 e. The Morgan fingerprint density at radius 3 is 2.83 bits per heavy atom. The summed E-state index contributed by atoms with van der Waals surface area (Å²) < 4.78 is 0. The average Bonchev–Trinajstić information content (AvgIpc) is 2.03. The zero-order valence-corrected chi connectivity index (χ0v) is 6.67. The Morgan fingerprint density at radius 2 is 2.42 bits per heavy atom. The summed E-state index contributed by atoms with van der Waals surface area (Å²) in [7, 11) is 0. The summed E-state index contributed by atoms with van der Waals surface area (Å²) >= 11 is 5.15. The molecule has 0 spiro atoms. The molecule has 5 heteroatoms. The first kappa shape index (κ1) is 8.50. The van der Waals surface area contributed by atoms with Crippen molar-refractivity contribution in [1.29, 1.82) is 5.26 Å². The van der Waals surface area contributed by atoms with Crippen LogP contribution in [0.1, 0.15) is 16.1 Å². The minimum atomic E-state index is -0.779. The van der Waals surface area contributed by atoms with Gasteiger partial charge in [-0.05, 0) is 17.7 Å². The van der Waals surface area contributed by atoms with Gasteiger partial charge in [-0.1, -0.05) is 0 Å². The van der Waals surface area contributed by atoms with Gasteiger partial charge in [0.25, 0.3) is 5.24 Å². The quantitative estimate of drug-likeness (QED) is 0.654. The lowest BCUT2D eigenvalue weighted by atomic mass is 10.2. The maximum Gasteiger partial charge on any atom is 0.272 e.